The number of hydrogen-bond donors (Lipinski definition) is 1. The van der Waals surface area contributed by atoms with E-state index < -0.39 is 10.0 Å². The fourth-order valence-corrected chi connectivity index (χ4v) is 5.50. The predicted octanol–water partition coefficient (Wildman–Crippen LogP) is 5.95. The third-order valence-electron chi connectivity index (χ3n) is 5.27. The maximum Gasteiger partial charge on any atom is 0.243 e. The number of halogens is 3. The first kappa shape index (κ1) is 25.2. The van der Waals surface area contributed by atoms with Gasteiger partial charge in [-0.3, -0.25) is 4.79 Å². The summed E-state index contributed by atoms with van der Waals surface area (Å²) < 4.78 is 28.6. The first-order valence-electron chi connectivity index (χ1n) is 10.4. The quantitative estimate of drug-likeness (QED) is 0.386. The van der Waals surface area contributed by atoms with E-state index >= 15 is 0 Å². The molecule has 0 fully saturated rings. The van der Waals surface area contributed by atoms with Gasteiger partial charge in [0.25, 0.3) is 0 Å². The van der Waals surface area contributed by atoms with Gasteiger partial charge in [-0.15, -0.1) is 0 Å². The number of allylic oxidation sites excluding steroid dienone is 1. The number of amides is 1. The normalized spacial score (nSPS) is 14.3. The van der Waals surface area contributed by atoms with E-state index in [1.807, 2.05) is 0 Å². The van der Waals surface area contributed by atoms with Crippen LogP contribution < -0.4 is 5.32 Å². The van der Waals surface area contributed by atoms with Crippen molar-refractivity contribution in [2.24, 2.45) is 0 Å². The lowest BCUT2D eigenvalue weighted by Gasteiger charge is -2.22. The average molecular weight is 560 g/mol. The second-order valence-corrected chi connectivity index (χ2v) is 11.4. The maximum absolute atomic E-state index is 13.3. The van der Waals surface area contributed by atoms with E-state index in [4.69, 9.17) is 23.2 Å². The Morgan fingerprint density at radius 3 is 2.47 bits per heavy atom. The van der Waals surface area contributed by atoms with E-state index in [2.05, 4.69) is 27.3 Å². The highest BCUT2D eigenvalue weighted by Crippen LogP contribution is 2.25. The highest BCUT2D eigenvalue weighted by molar-refractivity contribution is 9.10. The molecule has 32 heavy (non-hydrogen) atoms. The van der Waals surface area contributed by atoms with E-state index in [9.17, 15) is 13.2 Å². The Morgan fingerprint density at radius 2 is 1.81 bits per heavy atom. The first-order chi connectivity index (χ1) is 15.3. The van der Waals surface area contributed by atoms with E-state index in [-0.39, 0.29) is 23.9 Å². The third kappa shape index (κ3) is 7.06. The van der Waals surface area contributed by atoms with Crippen LogP contribution in [0.1, 0.15) is 37.7 Å². The molecule has 172 valence electrons. The lowest BCUT2D eigenvalue weighted by atomic mass is 9.97. The minimum absolute atomic E-state index is 0.00609. The van der Waals surface area contributed by atoms with Crippen LogP contribution in [0.15, 0.2) is 63.5 Å². The van der Waals surface area contributed by atoms with Gasteiger partial charge in [0.15, 0.2) is 0 Å². The summed E-state index contributed by atoms with van der Waals surface area (Å²) in [5.74, 6) is -0.345. The van der Waals surface area contributed by atoms with Crippen molar-refractivity contribution in [1.82, 2.24) is 9.62 Å². The lowest BCUT2D eigenvalue weighted by molar-refractivity contribution is -0.121. The fourth-order valence-electron chi connectivity index (χ4n) is 3.53. The number of benzene rings is 2. The van der Waals surface area contributed by atoms with Crippen molar-refractivity contribution in [2.75, 3.05) is 13.1 Å². The third-order valence-corrected chi connectivity index (χ3v) is 8.34. The minimum Gasteiger partial charge on any atom is -0.355 e. The van der Waals surface area contributed by atoms with Crippen LogP contribution in [0.3, 0.4) is 0 Å². The van der Waals surface area contributed by atoms with E-state index in [0.29, 0.717) is 22.2 Å². The average Bonchev–Trinajstić information content (AvgIpc) is 2.77. The van der Waals surface area contributed by atoms with Crippen LogP contribution in [0.5, 0.6) is 0 Å². The molecule has 1 N–H and O–H groups in total. The zero-order chi connectivity index (χ0) is 23.1. The Kier molecular flexibility index (Phi) is 9.20. The summed E-state index contributed by atoms with van der Waals surface area (Å²) in [6.45, 7) is 0.190. The molecular weight excluding hydrogens is 535 g/mol. The second-order valence-electron chi connectivity index (χ2n) is 7.68. The van der Waals surface area contributed by atoms with Crippen LogP contribution in [-0.2, 0) is 21.4 Å². The fraction of sp³-hybridized carbons (Fsp3) is 0.348. The molecule has 0 heterocycles. The van der Waals surface area contributed by atoms with Crippen LogP contribution in [-0.4, -0.2) is 31.7 Å². The molecule has 0 saturated heterocycles. The molecule has 9 heteroatoms. The van der Waals surface area contributed by atoms with E-state index in [0.717, 1.165) is 28.0 Å². The Balaban J connectivity index is 1.74. The topological polar surface area (TPSA) is 66.5 Å². The summed E-state index contributed by atoms with van der Waals surface area (Å²) in [5.41, 5.74) is 1.99. The monoisotopic (exact) mass is 558 g/mol. The van der Waals surface area contributed by atoms with Crippen molar-refractivity contribution < 1.29 is 13.2 Å². The molecule has 1 aliphatic carbocycles. The first-order valence-corrected chi connectivity index (χ1v) is 13.4. The van der Waals surface area contributed by atoms with Gasteiger partial charge < -0.3 is 5.32 Å². The van der Waals surface area contributed by atoms with Gasteiger partial charge in [-0.1, -0.05) is 56.8 Å². The molecule has 0 spiro atoms. The molecule has 1 aliphatic rings. The molecule has 0 aromatic heterocycles. The SMILES string of the molecule is O=C(CN(Cc1ccc(Cl)c(Cl)c1)S(=O)(=O)c1ccc(Br)cc1)NCCC1=CCCCC1. The number of carbonyl (C=O) groups excluding carboxylic acids is 1. The molecule has 0 unspecified atom stereocenters. The number of rotatable bonds is 9. The standard InChI is InChI=1S/C23H25BrCl2N2O3S/c24-19-7-9-20(10-8-19)32(30,31)28(15-18-6-11-21(25)22(26)14-18)16-23(29)27-13-12-17-4-2-1-3-5-17/h4,6-11,14H,1-3,5,12-13,15-16H2,(H,27,29). The van der Waals surface area contributed by atoms with Crippen molar-refractivity contribution in [3.63, 3.8) is 0 Å². The Bertz CT molecular complexity index is 1090. The highest BCUT2D eigenvalue weighted by atomic mass is 79.9. The van der Waals surface area contributed by atoms with Gasteiger partial charge in [0.05, 0.1) is 21.5 Å². The molecule has 0 radical (unpaired) electrons. The van der Waals surface area contributed by atoms with Crippen molar-refractivity contribution in [3.8, 4) is 0 Å². The summed E-state index contributed by atoms with van der Waals surface area (Å²) in [4.78, 5) is 12.8. The lowest BCUT2D eigenvalue weighted by Crippen LogP contribution is -2.40. The molecule has 0 atom stereocenters. The molecule has 0 bridgehead atoms. The Labute approximate surface area is 208 Å². The summed E-state index contributed by atoms with van der Waals surface area (Å²) in [5, 5.41) is 3.57. The zero-order valence-electron chi connectivity index (χ0n) is 17.5. The maximum atomic E-state index is 13.3. The molecule has 0 saturated carbocycles. The van der Waals surface area contributed by atoms with Gasteiger partial charge in [0, 0.05) is 17.6 Å². The van der Waals surface area contributed by atoms with Gasteiger partial charge in [-0.2, -0.15) is 4.31 Å². The van der Waals surface area contributed by atoms with Gasteiger partial charge in [0.2, 0.25) is 15.9 Å². The van der Waals surface area contributed by atoms with Crippen molar-refractivity contribution in [1.29, 1.82) is 0 Å². The zero-order valence-corrected chi connectivity index (χ0v) is 21.4. The van der Waals surface area contributed by atoms with Crippen LogP contribution in [0.2, 0.25) is 10.0 Å². The van der Waals surface area contributed by atoms with Gasteiger partial charge in [0.1, 0.15) is 0 Å². The second kappa shape index (κ2) is 11.7. The van der Waals surface area contributed by atoms with E-state index in [1.54, 1.807) is 30.3 Å². The Morgan fingerprint density at radius 1 is 1.06 bits per heavy atom. The summed E-state index contributed by atoms with van der Waals surface area (Å²) >= 11 is 15.4. The van der Waals surface area contributed by atoms with Crippen LogP contribution in [0, 0.1) is 0 Å². The van der Waals surface area contributed by atoms with Crippen LogP contribution in [0.4, 0.5) is 0 Å². The number of sulfonamides is 1. The van der Waals surface area contributed by atoms with Crippen molar-refractivity contribution in [2.45, 2.75) is 43.5 Å². The Hall–Kier alpha value is -1.38. The summed E-state index contributed by atoms with van der Waals surface area (Å²) in [6, 6.07) is 11.3. The molecular formula is C23H25BrCl2N2O3S. The molecule has 1 amide bonds. The van der Waals surface area contributed by atoms with E-state index in [1.165, 1.54) is 30.5 Å². The van der Waals surface area contributed by atoms with Crippen LogP contribution in [0.25, 0.3) is 0 Å². The van der Waals surface area contributed by atoms with Crippen LogP contribution >= 0.6 is 39.1 Å². The number of nitrogens with zero attached hydrogens (tertiary/aromatic N) is 1. The van der Waals surface area contributed by atoms with Crippen molar-refractivity contribution >= 4 is 55.1 Å². The molecule has 5 nitrogen and oxygen atoms in total. The summed E-state index contributed by atoms with van der Waals surface area (Å²) in [7, 11) is -3.92. The van der Waals surface area contributed by atoms with Crippen molar-refractivity contribution in [3.05, 3.63) is 74.2 Å². The predicted molar refractivity (Wildman–Crippen MR) is 132 cm³/mol. The number of hydrogen-bond acceptors (Lipinski definition) is 3. The van der Waals surface area contributed by atoms with Gasteiger partial charge in [-0.05, 0) is 74.1 Å². The molecule has 3 rings (SSSR count). The number of nitrogens with one attached hydrogen (secondary N) is 1. The van der Waals surface area contributed by atoms with Gasteiger partial charge >= 0.3 is 0 Å². The summed E-state index contributed by atoms with van der Waals surface area (Å²) in [6.07, 6.45) is 7.59. The molecule has 2 aromatic carbocycles. The highest BCUT2D eigenvalue weighted by Gasteiger charge is 2.27. The molecule has 0 aliphatic heterocycles. The minimum atomic E-state index is -3.92. The smallest absolute Gasteiger partial charge is 0.243 e. The number of carbonyl (C=O) groups is 1. The van der Waals surface area contributed by atoms with Gasteiger partial charge in [-0.25, -0.2) is 8.42 Å². The largest absolute Gasteiger partial charge is 0.355 e. The molecule has 2 aromatic rings.